The van der Waals surface area contributed by atoms with Gasteiger partial charge in [-0.2, -0.15) is 21.9 Å². The Kier molecular flexibility index (Phi) is 6.77. The third-order valence-electron chi connectivity index (χ3n) is 5.88. The van der Waals surface area contributed by atoms with Crippen LogP contribution in [0.15, 0.2) is 115 Å². The number of nitrogens with zero attached hydrogens (tertiary/aromatic N) is 4. The number of benzene rings is 5. The number of hydrogen-bond donors (Lipinski definition) is 4. The quantitative estimate of drug-likeness (QED) is 0.125. The minimum Gasteiger partial charge on any atom is -0.507 e. The van der Waals surface area contributed by atoms with Crippen molar-refractivity contribution in [1.82, 2.24) is 0 Å². The van der Waals surface area contributed by atoms with Gasteiger partial charge in [-0.3, -0.25) is 9.11 Å². The number of azo groups is 2. The number of phenolic OH excluding ortho intramolecular Hbond substituents is 2. The minimum absolute atomic E-state index is 0.0910. The Balaban J connectivity index is 1.55. The predicted molar refractivity (Wildman–Crippen MR) is 146 cm³/mol. The fourth-order valence-corrected chi connectivity index (χ4v) is 5.22. The van der Waals surface area contributed by atoms with Crippen molar-refractivity contribution in [3.63, 3.8) is 0 Å². The standard InChI is InChI=1S/C26H18N4O8S2/c31-23-7-3-6-19-24(40(36,37)38)14-22(26(32)25(19)23)30-29-21-13-12-20(17-4-1-2-5-18(17)21)28-27-15-8-10-16(11-9-15)39(33,34)35/h1-14,31-32H,(H,33,34,35)(H,36,37,38). The maximum atomic E-state index is 12.0. The number of hydrogen-bond acceptors (Lipinski definition) is 10. The molecular weight excluding hydrogens is 560 g/mol. The van der Waals surface area contributed by atoms with Gasteiger partial charge >= 0.3 is 0 Å². The first-order valence-electron chi connectivity index (χ1n) is 11.3. The Labute approximate surface area is 227 Å². The molecule has 0 aromatic heterocycles. The van der Waals surface area contributed by atoms with Gasteiger partial charge in [0, 0.05) is 16.2 Å². The minimum atomic E-state index is -4.74. The van der Waals surface area contributed by atoms with Gasteiger partial charge in [-0.1, -0.05) is 36.4 Å². The van der Waals surface area contributed by atoms with Crippen LogP contribution in [-0.4, -0.2) is 36.2 Å². The summed E-state index contributed by atoms with van der Waals surface area (Å²) in [5.74, 6) is -0.941. The van der Waals surface area contributed by atoms with E-state index in [-0.39, 0.29) is 21.4 Å². The Hall–Kier alpha value is -4.76. The zero-order valence-corrected chi connectivity index (χ0v) is 21.7. The van der Waals surface area contributed by atoms with E-state index in [1.54, 1.807) is 36.4 Å². The summed E-state index contributed by atoms with van der Waals surface area (Å²) in [6, 6.07) is 20.2. The summed E-state index contributed by atoms with van der Waals surface area (Å²) in [6.07, 6.45) is 0. The number of rotatable bonds is 6. The van der Waals surface area contributed by atoms with Gasteiger partial charge in [-0.15, -0.1) is 15.3 Å². The van der Waals surface area contributed by atoms with E-state index in [2.05, 4.69) is 20.5 Å². The second-order valence-electron chi connectivity index (χ2n) is 8.44. The van der Waals surface area contributed by atoms with Gasteiger partial charge in [-0.05, 0) is 48.5 Å². The number of aromatic hydroxyl groups is 2. The normalized spacial score (nSPS) is 12.7. The van der Waals surface area contributed by atoms with Gasteiger partial charge in [0.25, 0.3) is 20.2 Å². The average Bonchev–Trinajstić information content (AvgIpc) is 2.91. The van der Waals surface area contributed by atoms with Gasteiger partial charge < -0.3 is 10.2 Å². The third-order valence-corrected chi connectivity index (χ3v) is 7.65. The van der Waals surface area contributed by atoms with Crippen molar-refractivity contribution in [2.45, 2.75) is 9.79 Å². The summed E-state index contributed by atoms with van der Waals surface area (Å²) < 4.78 is 65.3. The number of fused-ring (bicyclic) bond motifs is 2. The predicted octanol–water partition coefficient (Wildman–Crippen LogP) is 6.73. The molecule has 14 heteroatoms. The average molecular weight is 579 g/mol. The maximum absolute atomic E-state index is 12.0. The van der Waals surface area contributed by atoms with E-state index >= 15 is 0 Å². The Morgan fingerprint density at radius 2 is 1.10 bits per heavy atom. The van der Waals surface area contributed by atoms with Crippen molar-refractivity contribution in [2.24, 2.45) is 20.5 Å². The summed E-state index contributed by atoms with van der Waals surface area (Å²) >= 11 is 0. The molecule has 0 heterocycles. The Morgan fingerprint density at radius 3 is 1.68 bits per heavy atom. The van der Waals surface area contributed by atoms with Crippen molar-refractivity contribution in [1.29, 1.82) is 0 Å². The van der Waals surface area contributed by atoms with Crippen LogP contribution in [0.25, 0.3) is 21.5 Å². The molecule has 0 saturated carbocycles. The summed E-state index contributed by atoms with van der Waals surface area (Å²) in [6.45, 7) is 0. The van der Waals surface area contributed by atoms with Crippen molar-refractivity contribution in [2.75, 3.05) is 0 Å². The van der Waals surface area contributed by atoms with Crippen LogP contribution in [0.5, 0.6) is 11.5 Å². The summed E-state index contributed by atoms with van der Waals surface area (Å²) in [5, 5.41) is 38.4. The molecule has 0 aliphatic carbocycles. The lowest BCUT2D eigenvalue weighted by Gasteiger charge is -2.10. The Bertz CT molecular complexity index is 2080. The first kappa shape index (κ1) is 26.8. The molecule has 0 bridgehead atoms. The molecular formula is C26H18N4O8S2. The fraction of sp³-hybridized carbons (Fsp3) is 0. The van der Waals surface area contributed by atoms with Gasteiger partial charge in [0.05, 0.1) is 27.3 Å². The fourth-order valence-electron chi connectivity index (χ4n) is 4.03. The summed E-state index contributed by atoms with van der Waals surface area (Å²) in [7, 11) is -9.07. The molecule has 12 nitrogen and oxygen atoms in total. The second-order valence-corrected chi connectivity index (χ2v) is 11.2. The van der Waals surface area contributed by atoms with E-state index in [4.69, 9.17) is 4.55 Å². The van der Waals surface area contributed by atoms with E-state index in [9.17, 15) is 31.6 Å². The largest absolute Gasteiger partial charge is 0.507 e. The molecule has 5 aromatic carbocycles. The molecule has 0 amide bonds. The van der Waals surface area contributed by atoms with E-state index in [1.807, 2.05) is 0 Å². The second kappa shape index (κ2) is 10.1. The zero-order chi connectivity index (χ0) is 28.7. The molecule has 202 valence electrons. The monoisotopic (exact) mass is 578 g/mol. The molecule has 4 N–H and O–H groups in total. The molecule has 0 atom stereocenters. The van der Waals surface area contributed by atoms with Crippen LogP contribution in [0.3, 0.4) is 0 Å². The summed E-state index contributed by atoms with van der Waals surface area (Å²) in [5.41, 5.74) is 0.811. The molecule has 0 unspecified atom stereocenters. The van der Waals surface area contributed by atoms with Gasteiger partial charge in [0.1, 0.15) is 16.3 Å². The molecule has 0 radical (unpaired) electrons. The lowest BCUT2D eigenvalue weighted by molar-refractivity contribution is 0.463. The molecule has 5 aromatic rings. The van der Waals surface area contributed by atoms with Gasteiger partial charge in [0.2, 0.25) is 0 Å². The van der Waals surface area contributed by atoms with Crippen LogP contribution in [0.1, 0.15) is 0 Å². The first-order valence-corrected chi connectivity index (χ1v) is 14.2. The highest BCUT2D eigenvalue weighted by Crippen LogP contribution is 2.44. The smallest absolute Gasteiger partial charge is 0.295 e. The molecule has 0 fully saturated rings. The highest BCUT2D eigenvalue weighted by atomic mass is 32.2. The Morgan fingerprint density at radius 1 is 0.550 bits per heavy atom. The third kappa shape index (κ3) is 5.23. The summed E-state index contributed by atoms with van der Waals surface area (Å²) in [4.78, 5) is -0.835. The zero-order valence-electron chi connectivity index (χ0n) is 20.1. The topological polar surface area (TPSA) is 199 Å². The van der Waals surface area contributed by atoms with E-state index < -0.39 is 36.6 Å². The molecule has 5 rings (SSSR count). The lowest BCUT2D eigenvalue weighted by Crippen LogP contribution is -1.99. The van der Waals surface area contributed by atoms with Crippen molar-refractivity contribution in [3.05, 3.63) is 84.9 Å². The molecule has 40 heavy (non-hydrogen) atoms. The van der Waals surface area contributed by atoms with Gasteiger partial charge in [0.15, 0.2) is 5.75 Å². The molecule has 0 aliphatic rings. The van der Waals surface area contributed by atoms with Crippen molar-refractivity contribution < 1.29 is 36.2 Å². The van der Waals surface area contributed by atoms with E-state index in [0.29, 0.717) is 27.8 Å². The van der Waals surface area contributed by atoms with Gasteiger partial charge in [-0.25, -0.2) is 0 Å². The molecule has 0 saturated heterocycles. The van der Waals surface area contributed by atoms with Crippen molar-refractivity contribution in [3.8, 4) is 11.5 Å². The van der Waals surface area contributed by atoms with Crippen LogP contribution in [0.2, 0.25) is 0 Å². The SMILES string of the molecule is O=S(=O)(O)c1ccc(N=Nc2ccc(N=Nc3cc(S(=O)(=O)O)c4cccc(O)c4c3O)c3ccccc23)cc1. The van der Waals surface area contributed by atoms with E-state index in [1.165, 1.54) is 42.5 Å². The number of phenols is 2. The molecule has 0 spiro atoms. The van der Waals surface area contributed by atoms with Crippen LogP contribution in [0, 0.1) is 0 Å². The lowest BCUT2D eigenvalue weighted by atomic mass is 10.1. The maximum Gasteiger partial charge on any atom is 0.295 e. The molecule has 0 aliphatic heterocycles. The highest BCUT2D eigenvalue weighted by Gasteiger charge is 2.21. The first-order chi connectivity index (χ1) is 18.9. The van der Waals surface area contributed by atoms with Crippen molar-refractivity contribution >= 4 is 64.5 Å². The van der Waals surface area contributed by atoms with Crippen LogP contribution in [0.4, 0.5) is 22.7 Å². The van der Waals surface area contributed by atoms with Crippen LogP contribution >= 0.6 is 0 Å². The highest BCUT2D eigenvalue weighted by molar-refractivity contribution is 7.86. The van der Waals surface area contributed by atoms with Crippen LogP contribution < -0.4 is 0 Å². The van der Waals surface area contributed by atoms with E-state index in [0.717, 1.165) is 6.07 Å². The van der Waals surface area contributed by atoms with Crippen LogP contribution in [-0.2, 0) is 20.2 Å².